The number of fused-ring (bicyclic) bond motifs is 1. The number of nitrogens with zero attached hydrogens (tertiary/aromatic N) is 1. The topological polar surface area (TPSA) is 86.6 Å². The predicted molar refractivity (Wildman–Crippen MR) is 110 cm³/mol. The second kappa shape index (κ2) is 9.28. The molecule has 29 heavy (non-hydrogen) atoms. The minimum atomic E-state index is -0.577. The lowest BCUT2D eigenvalue weighted by atomic mass is 10.1. The van der Waals surface area contributed by atoms with Gasteiger partial charge in [0.1, 0.15) is 0 Å². The molecule has 2 aromatic rings. The number of nitrogens with one attached hydrogen (secondary N) is 1. The lowest BCUT2D eigenvalue weighted by Crippen LogP contribution is -2.31. The zero-order valence-corrected chi connectivity index (χ0v) is 17.5. The molecule has 1 atom stereocenters. The van der Waals surface area contributed by atoms with Gasteiger partial charge >= 0.3 is 5.97 Å². The molecule has 1 aromatic heterocycles. The first-order valence-corrected chi connectivity index (χ1v) is 10.2. The van der Waals surface area contributed by atoms with Gasteiger partial charge in [0.25, 0.3) is 0 Å². The number of carbonyl (C=O) groups excluding carboxylic acids is 3. The molecule has 154 valence electrons. The van der Waals surface area contributed by atoms with Crippen molar-refractivity contribution in [1.29, 1.82) is 0 Å². The van der Waals surface area contributed by atoms with Crippen molar-refractivity contribution in [2.45, 2.75) is 37.0 Å². The molecule has 0 saturated carbocycles. The maximum Gasteiger partial charge on any atom is 0.307 e. The number of carbonyl (C=O) groups is 3. The van der Waals surface area contributed by atoms with Crippen molar-refractivity contribution in [3.05, 3.63) is 47.3 Å². The van der Waals surface area contributed by atoms with Crippen LogP contribution in [0, 0.1) is 13.8 Å². The Morgan fingerprint density at radius 3 is 2.76 bits per heavy atom. The van der Waals surface area contributed by atoms with Crippen molar-refractivity contribution in [2.24, 2.45) is 0 Å². The molecule has 1 aromatic carbocycles. The van der Waals surface area contributed by atoms with Gasteiger partial charge in [-0.05, 0) is 32.0 Å². The molecule has 0 saturated heterocycles. The number of ether oxygens (including phenoxy) is 2. The molecule has 0 spiro atoms. The van der Waals surface area contributed by atoms with Crippen molar-refractivity contribution < 1.29 is 23.9 Å². The third-order valence-corrected chi connectivity index (χ3v) is 6.09. The molecule has 8 heteroatoms. The van der Waals surface area contributed by atoms with Crippen LogP contribution < -0.4 is 5.32 Å². The van der Waals surface area contributed by atoms with E-state index in [-0.39, 0.29) is 24.7 Å². The van der Waals surface area contributed by atoms with Crippen LogP contribution in [-0.4, -0.2) is 47.8 Å². The Kier molecular flexibility index (Phi) is 6.76. The number of para-hydroxylation sites is 1. The summed E-state index contributed by atoms with van der Waals surface area (Å²) in [5, 5.41) is 2.21. The van der Waals surface area contributed by atoms with Crippen LogP contribution >= 0.6 is 11.8 Å². The number of hydrogen-bond acceptors (Lipinski definition) is 6. The van der Waals surface area contributed by atoms with Crippen LogP contribution in [0.4, 0.5) is 5.69 Å². The average Bonchev–Trinajstić information content (AvgIpc) is 2.98. The van der Waals surface area contributed by atoms with E-state index in [4.69, 9.17) is 9.47 Å². The number of esters is 1. The summed E-state index contributed by atoms with van der Waals surface area (Å²) in [7, 11) is 1.63. The van der Waals surface area contributed by atoms with Crippen LogP contribution in [0.25, 0.3) is 0 Å². The van der Waals surface area contributed by atoms with Gasteiger partial charge in [0.2, 0.25) is 11.7 Å². The molecule has 1 amide bonds. The number of methoxy groups -OCH3 is 1. The average molecular weight is 416 g/mol. The van der Waals surface area contributed by atoms with E-state index in [1.54, 1.807) is 13.2 Å². The first-order valence-electron chi connectivity index (χ1n) is 9.31. The molecule has 0 radical (unpaired) electrons. The first-order chi connectivity index (χ1) is 13.9. The third kappa shape index (κ3) is 4.89. The maximum atomic E-state index is 12.5. The number of benzene rings is 1. The second-order valence-electron chi connectivity index (χ2n) is 6.81. The molecule has 1 N–H and O–H groups in total. The Balaban J connectivity index is 1.56. The predicted octanol–water partition coefficient (Wildman–Crippen LogP) is 2.98. The molecule has 0 aliphatic carbocycles. The number of anilines is 1. The van der Waals surface area contributed by atoms with Gasteiger partial charge in [0, 0.05) is 35.5 Å². The van der Waals surface area contributed by atoms with Crippen molar-refractivity contribution in [3.8, 4) is 0 Å². The Morgan fingerprint density at radius 1 is 1.24 bits per heavy atom. The summed E-state index contributed by atoms with van der Waals surface area (Å²) < 4.78 is 12.3. The van der Waals surface area contributed by atoms with Crippen molar-refractivity contribution in [2.75, 3.05) is 25.6 Å². The maximum absolute atomic E-state index is 12.5. The number of hydrogen-bond donors (Lipinski definition) is 1. The fourth-order valence-electron chi connectivity index (χ4n) is 3.27. The third-order valence-electron chi connectivity index (χ3n) is 4.82. The molecule has 0 fully saturated rings. The first kappa shape index (κ1) is 21.1. The van der Waals surface area contributed by atoms with Gasteiger partial charge in [-0.15, -0.1) is 11.8 Å². The second-order valence-corrected chi connectivity index (χ2v) is 8.05. The van der Waals surface area contributed by atoms with Gasteiger partial charge in [-0.1, -0.05) is 12.1 Å². The van der Waals surface area contributed by atoms with Crippen LogP contribution in [0.3, 0.4) is 0 Å². The van der Waals surface area contributed by atoms with Gasteiger partial charge in [0.15, 0.2) is 6.61 Å². The summed E-state index contributed by atoms with van der Waals surface area (Å²) in [6.45, 7) is 4.63. The largest absolute Gasteiger partial charge is 0.457 e. The number of thioether (sulfide) groups is 1. The van der Waals surface area contributed by atoms with Crippen molar-refractivity contribution >= 4 is 35.1 Å². The molecule has 0 unspecified atom stereocenters. The molecule has 1 aliphatic heterocycles. The normalized spacial score (nSPS) is 15.6. The van der Waals surface area contributed by atoms with E-state index in [1.807, 2.05) is 42.7 Å². The summed E-state index contributed by atoms with van der Waals surface area (Å²) in [5.41, 5.74) is 3.04. The SMILES string of the molecule is COCCn1c(C)cc(C(=O)COC(=O)C[C@@H]2Sc3ccccc3NC2=O)c1C. The number of ketones is 1. The highest BCUT2D eigenvalue weighted by atomic mass is 32.2. The van der Waals surface area contributed by atoms with Gasteiger partial charge in [0.05, 0.1) is 24.0 Å². The van der Waals surface area contributed by atoms with E-state index in [2.05, 4.69) is 5.32 Å². The van der Waals surface area contributed by atoms with E-state index >= 15 is 0 Å². The van der Waals surface area contributed by atoms with E-state index in [0.717, 1.165) is 22.0 Å². The van der Waals surface area contributed by atoms with E-state index in [1.165, 1.54) is 11.8 Å². The highest BCUT2D eigenvalue weighted by molar-refractivity contribution is 8.01. The van der Waals surface area contributed by atoms with E-state index < -0.39 is 11.2 Å². The highest BCUT2D eigenvalue weighted by Crippen LogP contribution is 2.36. The lowest BCUT2D eigenvalue weighted by Gasteiger charge is -2.23. The van der Waals surface area contributed by atoms with Crippen LogP contribution in [0.2, 0.25) is 0 Å². The number of aryl methyl sites for hydroxylation is 1. The number of aromatic nitrogens is 1. The molecule has 1 aliphatic rings. The molecule has 0 bridgehead atoms. The molecule has 7 nitrogen and oxygen atoms in total. The van der Waals surface area contributed by atoms with Crippen LogP contribution in [0.5, 0.6) is 0 Å². The Hall–Kier alpha value is -2.58. The Morgan fingerprint density at radius 2 is 2.00 bits per heavy atom. The molecular weight excluding hydrogens is 392 g/mol. The van der Waals surface area contributed by atoms with Crippen LogP contribution in [0.15, 0.2) is 35.2 Å². The van der Waals surface area contributed by atoms with Gasteiger partial charge < -0.3 is 19.4 Å². The zero-order chi connectivity index (χ0) is 21.0. The highest BCUT2D eigenvalue weighted by Gasteiger charge is 2.29. The summed E-state index contributed by atoms with van der Waals surface area (Å²) >= 11 is 1.33. The fraction of sp³-hybridized carbons (Fsp3) is 0.381. The number of rotatable bonds is 8. The number of amides is 1. The van der Waals surface area contributed by atoms with E-state index in [9.17, 15) is 14.4 Å². The van der Waals surface area contributed by atoms with Crippen LogP contribution in [-0.2, 0) is 25.6 Å². The summed E-state index contributed by atoms with van der Waals surface area (Å²) in [5.74, 6) is -1.07. The minimum Gasteiger partial charge on any atom is -0.457 e. The fourth-order valence-corrected chi connectivity index (χ4v) is 4.37. The van der Waals surface area contributed by atoms with Gasteiger partial charge in [-0.2, -0.15) is 0 Å². The summed E-state index contributed by atoms with van der Waals surface area (Å²) in [4.78, 5) is 37.8. The van der Waals surface area contributed by atoms with Gasteiger partial charge in [-0.3, -0.25) is 14.4 Å². The summed E-state index contributed by atoms with van der Waals surface area (Å²) in [6, 6.07) is 9.21. The van der Waals surface area contributed by atoms with E-state index in [0.29, 0.717) is 18.7 Å². The summed E-state index contributed by atoms with van der Waals surface area (Å²) in [6.07, 6.45) is -0.0923. The quantitative estimate of drug-likeness (QED) is 0.526. The molecule has 3 rings (SSSR count). The zero-order valence-electron chi connectivity index (χ0n) is 16.7. The minimum absolute atomic E-state index is 0.0923. The Bertz CT molecular complexity index is 937. The Labute approximate surface area is 173 Å². The van der Waals surface area contributed by atoms with Crippen LogP contribution in [0.1, 0.15) is 28.2 Å². The van der Waals surface area contributed by atoms with Crippen molar-refractivity contribution in [3.63, 3.8) is 0 Å². The molecule has 2 heterocycles. The number of Topliss-reactive ketones (excluding diaryl/α,β-unsaturated/α-hetero) is 1. The standard InChI is InChI=1S/C21H24N2O5S/c1-13-10-15(14(2)23(13)8-9-27-3)17(24)12-28-20(25)11-19-21(26)22-16-6-4-5-7-18(16)29-19/h4-7,10,19H,8-9,11-12H2,1-3H3,(H,22,26)/t19-/m0/s1. The monoisotopic (exact) mass is 416 g/mol. The van der Waals surface area contributed by atoms with Crippen molar-refractivity contribution in [1.82, 2.24) is 4.57 Å². The smallest absolute Gasteiger partial charge is 0.307 e. The lowest BCUT2D eigenvalue weighted by molar-refractivity contribution is -0.143. The molecular formula is C21H24N2O5S. The van der Waals surface area contributed by atoms with Gasteiger partial charge in [-0.25, -0.2) is 0 Å².